The highest BCUT2D eigenvalue weighted by Crippen LogP contribution is 2.39. The van der Waals surface area contributed by atoms with Crippen molar-refractivity contribution in [1.82, 2.24) is 5.32 Å². The first-order chi connectivity index (χ1) is 6.27. The van der Waals surface area contributed by atoms with E-state index in [1.165, 1.54) is 38.5 Å². The molecule has 2 fully saturated rings. The molecule has 0 bridgehead atoms. The Kier molecular flexibility index (Phi) is 2.72. The van der Waals surface area contributed by atoms with Gasteiger partial charge in [0.05, 0.1) is 0 Å². The van der Waals surface area contributed by atoms with E-state index in [-0.39, 0.29) is 0 Å². The smallest absolute Gasteiger partial charge is 0.163 e. The molecule has 0 saturated heterocycles. The highest BCUT2D eigenvalue weighted by atomic mass is 32.1. The number of nitrogens with two attached hydrogens (primary N) is 1. The lowest BCUT2D eigenvalue weighted by Crippen LogP contribution is -2.51. The summed E-state index contributed by atoms with van der Waals surface area (Å²) in [6.07, 6.45) is 8.28. The summed E-state index contributed by atoms with van der Waals surface area (Å²) in [5.74, 6) is 1.71. The van der Waals surface area contributed by atoms with Crippen LogP contribution in [-0.2, 0) is 0 Å². The molecule has 0 atom stereocenters. The second-order valence-corrected chi connectivity index (χ2v) is 4.86. The lowest BCUT2D eigenvalue weighted by molar-refractivity contribution is 0.139. The van der Waals surface area contributed by atoms with E-state index in [0.717, 1.165) is 11.8 Å². The first kappa shape index (κ1) is 9.25. The van der Waals surface area contributed by atoms with Crippen molar-refractivity contribution in [2.24, 2.45) is 17.6 Å². The van der Waals surface area contributed by atoms with Gasteiger partial charge in [-0.1, -0.05) is 12.8 Å². The molecule has 3 heteroatoms. The van der Waals surface area contributed by atoms with Gasteiger partial charge in [0.1, 0.15) is 0 Å². The monoisotopic (exact) mass is 198 g/mol. The zero-order valence-electron chi connectivity index (χ0n) is 7.96. The first-order valence-electron chi connectivity index (χ1n) is 5.33. The summed E-state index contributed by atoms with van der Waals surface area (Å²) in [4.78, 5) is 0. The Hall–Kier alpha value is -0.310. The maximum absolute atomic E-state index is 5.55. The van der Waals surface area contributed by atoms with Crippen LogP contribution >= 0.6 is 12.2 Å². The maximum atomic E-state index is 5.55. The Labute approximate surface area is 85.3 Å². The Bertz CT molecular complexity index is 183. The van der Waals surface area contributed by atoms with Gasteiger partial charge in [0.15, 0.2) is 5.11 Å². The SMILES string of the molecule is NC(=S)NC(C1CCC1)C1CCC1. The quantitative estimate of drug-likeness (QED) is 0.679. The summed E-state index contributed by atoms with van der Waals surface area (Å²) in [7, 11) is 0. The zero-order valence-corrected chi connectivity index (χ0v) is 8.78. The highest BCUT2D eigenvalue weighted by molar-refractivity contribution is 7.80. The minimum Gasteiger partial charge on any atom is -0.376 e. The number of hydrogen-bond acceptors (Lipinski definition) is 1. The second kappa shape index (κ2) is 3.82. The third-order valence-corrected chi connectivity index (χ3v) is 3.74. The van der Waals surface area contributed by atoms with Crippen molar-refractivity contribution < 1.29 is 0 Å². The van der Waals surface area contributed by atoms with E-state index in [4.69, 9.17) is 18.0 Å². The summed E-state index contributed by atoms with van der Waals surface area (Å²) < 4.78 is 0. The molecule has 0 spiro atoms. The summed E-state index contributed by atoms with van der Waals surface area (Å²) in [6, 6.07) is 0.597. The van der Waals surface area contributed by atoms with Crippen molar-refractivity contribution in [3.63, 3.8) is 0 Å². The molecule has 2 saturated carbocycles. The van der Waals surface area contributed by atoms with Crippen molar-refractivity contribution in [3.05, 3.63) is 0 Å². The van der Waals surface area contributed by atoms with E-state index in [0.29, 0.717) is 11.2 Å². The maximum Gasteiger partial charge on any atom is 0.163 e. The van der Waals surface area contributed by atoms with Gasteiger partial charge in [-0.15, -0.1) is 0 Å². The van der Waals surface area contributed by atoms with Crippen molar-refractivity contribution in [2.45, 2.75) is 44.6 Å². The van der Waals surface area contributed by atoms with Crippen LogP contribution in [0.5, 0.6) is 0 Å². The van der Waals surface area contributed by atoms with Crippen LogP contribution in [0.3, 0.4) is 0 Å². The van der Waals surface area contributed by atoms with Crippen LogP contribution < -0.4 is 11.1 Å². The molecule has 2 nitrogen and oxygen atoms in total. The van der Waals surface area contributed by atoms with Crippen molar-refractivity contribution in [1.29, 1.82) is 0 Å². The molecule has 0 radical (unpaired) electrons. The van der Waals surface area contributed by atoms with Crippen molar-refractivity contribution in [3.8, 4) is 0 Å². The lowest BCUT2D eigenvalue weighted by atomic mass is 9.68. The fourth-order valence-electron chi connectivity index (χ4n) is 2.38. The Morgan fingerprint density at radius 2 is 1.62 bits per heavy atom. The minimum atomic E-state index is 0.490. The molecule has 2 aliphatic rings. The predicted octanol–water partition coefficient (Wildman–Crippen LogP) is 1.79. The molecule has 0 aromatic carbocycles. The van der Waals surface area contributed by atoms with Crippen LogP contribution in [0.25, 0.3) is 0 Å². The molecule has 3 N–H and O–H groups in total. The minimum absolute atomic E-state index is 0.490. The number of hydrogen-bond donors (Lipinski definition) is 2. The average molecular weight is 198 g/mol. The third kappa shape index (κ3) is 1.96. The summed E-state index contributed by atoms with van der Waals surface area (Å²) in [5, 5.41) is 3.78. The molecular weight excluding hydrogens is 180 g/mol. The van der Waals surface area contributed by atoms with Gasteiger partial charge < -0.3 is 11.1 Å². The fraction of sp³-hybridized carbons (Fsp3) is 0.900. The van der Waals surface area contributed by atoms with Gasteiger partial charge in [0, 0.05) is 6.04 Å². The van der Waals surface area contributed by atoms with Gasteiger partial charge in [-0.05, 0) is 49.7 Å². The van der Waals surface area contributed by atoms with Gasteiger partial charge in [0.25, 0.3) is 0 Å². The third-order valence-electron chi connectivity index (χ3n) is 3.62. The van der Waals surface area contributed by atoms with Crippen LogP contribution in [-0.4, -0.2) is 11.2 Å². The largest absolute Gasteiger partial charge is 0.376 e. The van der Waals surface area contributed by atoms with Crippen molar-refractivity contribution in [2.75, 3.05) is 0 Å². The van der Waals surface area contributed by atoms with Crippen molar-refractivity contribution >= 4 is 17.3 Å². The molecule has 0 unspecified atom stereocenters. The second-order valence-electron chi connectivity index (χ2n) is 4.42. The van der Waals surface area contributed by atoms with E-state index in [2.05, 4.69) is 5.32 Å². The normalized spacial score (nSPS) is 23.8. The topological polar surface area (TPSA) is 38.0 Å². The predicted molar refractivity (Wildman–Crippen MR) is 58.4 cm³/mol. The zero-order chi connectivity index (χ0) is 9.26. The van der Waals surface area contributed by atoms with E-state index >= 15 is 0 Å². The number of thiocarbonyl (C=S) groups is 1. The van der Waals surface area contributed by atoms with Gasteiger partial charge in [-0.2, -0.15) is 0 Å². The molecule has 2 rings (SSSR count). The van der Waals surface area contributed by atoms with Gasteiger partial charge in [-0.25, -0.2) is 0 Å². The molecule has 0 heterocycles. The van der Waals surface area contributed by atoms with Crippen LogP contribution in [0.2, 0.25) is 0 Å². The van der Waals surface area contributed by atoms with Crippen LogP contribution in [0.4, 0.5) is 0 Å². The average Bonchev–Trinajstić information content (AvgIpc) is 1.75. The van der Waals surface area contributed by atoms with Crippen LogP contribution in [0.1, 0.15) is 38.5 Å². The summed E-state index contributed by atoms with van der Waals surface area (Å²) in [6.45, 7) is 0. The van der Waals surface area contributed by atoms with Gasteiger partial charge >= 0.3 is 0 Å². The van der Waals surface area contributed by atoms with Gasteiger partial charge in [0.2, 0.25) is 0 Å². The molecular formula is C10H18N2S. The van der Waals surface area contributed by atoms with E-state index in [1.807, 2.05) is 0 Å². The number of rotatable bonds is 3. The van der Waals surface area contributed by atoms with Crippen LogP contribution in [0, 0.1) is 11.8 Å². The molecule has 2 aliphatic carbocycles. The molecule has 74 valence electrons. The van der Waals surface area contributed by atoms with E-state index < -0.39 is 0 Å². The van der Waals surface area contributed by atoms with Gasteiger partial charge in [-0.3, -0.25) is 0 Å². The molecule has 0 aromatic rings. The Morgan fingerprint density at radius 1 is 1.15 bits per heavy atom. The first-order valence-corrected chi connectivity index (χ1v) is 5.74. The standard InChI is InChI=1S/C10H18N2S/c11-10(13)12-9(7-3-1-4-7)8-5-2-6-8/h7-9H,1-6H2,(H3,11,12,13). The number of nitrogens with one attached hydrogen (secondary N) is 1. The summed E-state index contributed by atoms with van der Waals surface area (Å²) in [5.41, 5.74) is 5.55. The Morgan fingerprint density at radius 3 is 1.85 bits per heavy atom. The highest BCUT2D eigenvalue weighted by Gasteiger charge is 2.36. The lowest BCUT2D eigenvalue weighted by Gasteiger charge is -2.43. The van der Waals surface area contributed by atoms with E-state index in [9.17, 15) is 0 Å². The molecule has 0 amide bonds. The summed E-state index contributed by atoms with van der Waals surface area (Å²) >= 11 is 4.92. The fourth-order valence-corrected chi connectivity index (χ4v) is 2.52. The Balaban J connectivity index is 1.88. The molecule has 0 aromatic heterocycles. The molecule has 13 heavy (non-hydrogen) atoms. The van der Waals surface area contributed by atoms with Crippen LogP contribution in [0.15, 0.2) is 0 Å². The van der Waals surface area contributed by atoms with E-state index in [1.54, 1.807) is 0 Å². The molecule has 0 aliphatic heterocycles.